The first-order valence-corrected chi connectivity index (χ1v) is 5.83. The molecule has 0 aliphatic heterocycles. The van der Waals surface area contributed by atoms with Crippen molar-refractivity contribution in [3.05, 3.63) is 40.1 Å². The van der Waals surface area contributed by atoms with E-state index < -0.39 is 0 Å². The molecular weight excluding hydrogens is 273 g/mol. The zero-order chi connectivity index (χ0) is 12.0. The van der Waals surface area contributed by atoms with Crippen LogP contribution >= 0.6 is 15.9 Å². The fourth-order valence-corrected chi connectivity index (χ4v) is 1.49. The van der Waals surface area contributed by atoms with E-state index in [1.807, 2.05) is 6.92 Å². The molecule has 0 aromatic heterocycles. The summed E-state index contributed by atoms with van der Waals surface area (Å²) in [4.78, 5) is 11.2. The van der Waals surface area contributed by atoms with E-state index in [0.717, 1.165) is 10.9 Å². The standard InChI is InChI=1S/C12H13BrFNO/c1-2-7-15-12(16)6-3-9-8-10(13)4-5-11(9)14/h3-6,8H,2,7H2,1H3,(H,15,16). The summed E-state index contributed by atoms with van der Waals surface area (Å²) < 4.78 is 14.0. The molecule has 16 heavy (non-hydrogen) atoms. The maximum Gasteiger partial charge on any atom is 0.244 e. The van der Waals surface area contributed by atoms with Crippen molar-refractivity contribution in [2.24, 2.45) is 0 Å². The molecule has 86 valence electrons. The molecule has 0 atom stereocenters. The van der Waals surface area contributed by atoms with Crippen molar-refractivity contribution in [1.29, 1.82) is 0 Å². The van der Waals surface area contributed by atoms with E-state index in [1.165, 1.54) is 18.2 Å². The van der Waals surface area contributed by atoms with Crippen molar-refractivity contribution in [2.75, 3.05) is 6.54 Å². The minimum Gasteiger partial charge on any atom is -0.353 e. The molecule has 2 nitrogen and oxygen atoms in total. The van der Waals surface area contributed by atoms with Crippen LogP contribution in [0.2, 0.25) is 0 Å². The smallest absolute Gasteiger partial charge is 0.244 e. The molecule has 0 aliphatic rings. The van der Waals surface area contributed by atoms with Gasteiger partial charge in [-0.3, -0.25) is 4.79 Å². The van der Waals surface area contributed by atoms with E-state index in [2.05, 4.69) is 21.2 Å². The second-order valence-corrected chi connectivity index (χ2v) is 4.21. The first-order chi connectivity index (χ1) is 7.63. The lowest BCUT2D eigenvalue weighted by Gasteiger charge is -1.99. The quantitative estimate of drug-likeness (QED) is 0.846. The number of halogens is 2. The van der Waals surface area contributed by atoms with Crippen LogP contribution in [0, 0.1) is 5.82 Å². The molecule has 0 fully saturated rings. The molecule has 0 saturated heterocycles. The van der Waals surface area contributed by atoms with Crippen molar-refractivity contribution < 1.29 is 9.18 Å². The number of amides is 1. The largest absolute Gasteiger partial charge is 0.353 e. The third kappa shape index (κ3) is 4.14. The number of hydrogen-bond donors (Lipinski definition) is 1. The molecule has 0 saturated carbocycles. The Bertz CT molecular complexity index is 404. The molecule has 0 radical (unpaired) electrons. The second kappa shape index (κ2) is 6.43. The van der Waals surface area contributed by atoms with E-state index in [4.69, 9.17) is 0 Å². The van der Waals surface area contributed by atoms with Gasteiger partial charge >= 0.3 is 0 Å². The SMILES string of the molecule is CCCNC(=O)C=Cc1cc(Br)ccc1F. The Labute approximate surface area is 103 Å². The second-order valence-electron chi connectivity index (χ2n) is 3.29. The van der Waals surface area contributed by atoms with Crippen molar-refractivity contribution in [1.82, 2.24) is 5.32 Å². The van der Waals surface area contributed by atoms with Gasteiger partial charge in [-0.25, -0.2) is 4.39 Å². The van der Waals surface area contributed by atoms with Crippen molar-refractivity contribution in [2.45, 2.75) is 13.3 Å². The summed E-state index contributed by atoms with van der Waals surface area (Å²) in [7, 11) is 0. The van der Waals surface area contributed by atoms with Gasteiger partial charge in [0.25, 0.3) is 0 Å². The average molecular weight is 286 g/mol. The van der Waals surface area contributed by atoms with Crippen LogP contribution in [-0.2, 0) is 4.79 Å². The van der Waals surface area contributed by atoms with Gasteiger partial charge in [0.05, 0.1) is 0 Å². The highest BCUT2D eigenvalue weighted by Crippen LogP contribution is 2.16. The molecule has 1 N–H and O–H groups in total. The zero-order valence-electron chi connectivity index (χ0n) is 8.97. The highest BCUT2D eigenvalue weighted by atomic mass is 79.9. The van der Waals surface area contributed by atoms with Gasteiger partial charge in [-0.15, -0.1) is 0 Å². The molecule has 0 aliphatic carbocycles. The van der Waals surface area contributed by atoms with Gasteiger partial charge in [0.2, 0.25) is 5.91 Å². The Balaban J connectivity index is 2.68. The molecule has 1 aromatic carbocycles. The van der Waals surface area contributed by atoms with Crippen LogP contribution in [0.3, 0.4) is 0 Å². The first kappa shape index (κ1) is 12.9. The van der Waals surface area contributed by atoms with E-state index in [1.54, 1.807) is 12.1 Å². The van der Waals surface area contributed by atoms with Gasteiger partial charge in [0.1, 0.15) is 5.82 Å². The predicted molar refractivity (Wildman–Crippen MR) is 66.4 cm³/mol. The summed E-state index contributed by atoms with van der Waals surface area (Å²) >= 11 is 3.24. The lowest BCUT2D eigenvalue weighted by molar-refractivity contribution is -0.116. The number of carbonyl (C=O) groups is 1. The summed E-state index contributed by atoms with van der Waals surface area (Å²) in [5.74, 6) is -0.552. The highest BCUT2D eigenvalue weighted by Gasteiger charge is 2.00. The van der Waals surface area contributed by atoms with Gasteiger partial charge < -0.3 is 5.32 Å². The van der Waals surface area contributed by atoms with Crippen LogP contribution < -0.4 is 5.32 Å². The van der Waals surface area contributed by atoms with Crippen LogP contribution in [-0.4, -0.2) is 12.5 Å². The van der Waals surface area contributed by atoms with E-state index in [9.17, 15) is 9.18 Å². The minimum atomic E-state index is -0.345. The maximum absolute atomic E-state index is 13.3. The summed E-state index contributed by atoms with van der Waals surface area (Å²) in [6.45, 7) is 2.60. The minimum absolute atomic E-state index is 0.207. The number of hydrogen-bond acceptors (Lipinski definition) is 1. The molecule has 1 rings (SSSR count). The van der Waals surface area contributed by atoms with Crippen LogP contribution in [0.1, 0.15) is 18.9 Å². The fourth-order valence-electron chi connectivity index (χ4n) is 1.11. The van der Waals surface area contributed by atoms with Crippen molar-refractivity contribution in [3.8, 4) is 0 Å². The van der Waals surface area contributed by atoms with Crippen molar-refractivity contribution >= 4 is 27.9 Å². The van der Waals surface area contributed by atoms with Gasteiger partial charge in [-0.05, 0) is 30.7 Å². The first-order valence-electron chi connectivity index (χ1n) is 5.04. The lowest BCUT2D eigenvalue weighted by atomic mass is 10.2. The van der Waals surface area contributed by atoms with E-state index in [0.29, 0.717) is 12.1 Å². The molecule has 0 spiro atoms. The number of nitrogens with one attached hydrogen (secondary N) is 1. The molecule has 1 aromatic rings. The molecule has 4 heteroatoms. The Morgan fingerprint density at radius 2 is 2.31 bits per heavy atom. The Hall–Kier alpha value is -1.16. The van der Waals surface area contributed by atoms with Crippen molar-refractivity contribution in [3.63, 3.8) is 0 Å². The Morgan fingerprint density at radius 3 is 3.00 bits per heavy atom. The van der Waals surface area contributed by atoms with E-state index >= 15 is 0 Å². The number of carbonyl (C=O) groups excluding carboxylic acids is 1. The van der Waals surface area contributed by atoms with Gasteiger partial charge in [-0.1, -0.05) is 22.9 Å². The summed E-state index contributed by atoms with van der Waals surface area (Å²) in [6.07, 6.45) is 3.68. The van der Waals surface area contributed by atoms with E-state index in [-0.39, 0.29) is 11.7 Å². The molecule has 1 amide bonds. The molecule has 0 bridgehead atoms. The molecular formula is C12H13BrFNO. The molecule has 0 heterocycles. The van der Waals surface area contributed by atoms with Gasteiger partial charge in [0, 0.05) is 22.7 Å². The number of benzene rings is 1. The Kier molecular flexibility index (Phi) is 5.19. The topological polar surface area (TPSA) is 29.1 Å². The van der Waals surface area contributed by atoms with Crippen LogP contribution in [0.4, 0.5) is 4.39 Å². The zero-order valence-corrected chi connectivity index (χ0v) is 10.6. The molecule has 0 unspecified atom stereocenters. The predicted octanol–water partition coefficient (Wildman–Crippen LogP) is 3.13. The van der Waals surface area contributed by atoms with Gasteiger partial charge in [-0.2, -0.15) is 0 Å². The third-order valence-electron chi connectivity index (χ3n) is 1.92. The normalized spacial score (nSPS) is 10.7. The van der Waals surface area contributed by atoms with Crippen LogP contribution in [0.15, 0.2) is 28.7 Å². The van der Waals surface area contributed by atoms with Crippen LogP contribution in [0.25, 0.3) is 6.08 Å². The summed E-state index contributed by atoms with van der Waals surface area (Å²) in [5.41, 5.74) is 0.390. The summed E-state index contributed by atoms with van der Waals surface area (Å²) in [6, 6.07) is 4.59. The summed E-state index contributed by atoms with van der Waals surface area (Å²) in [5, 5.41) is 2.68. The Morgan fingerprint density at radius 1 is 1.56 bits per heavy atom. The average Bonchev–Trinajstić information content (AvgIpc) is 2.27. The maximum atomic E-state index is 13.3. The van der Waals surface area contributed by atoms with Gasteiger partial charge in [0.15, 0.2) is 0 Å². The fraction of sp³-hybridized carbons (Fsp3) is 0.250. The lowest BCUT2D eigenvalue weighted by Crippen LogP contribution is -2.21. The number of rotatable bonds is 4. The highest BCUT2D eigenvalue weighted by molar-refractivity contribution is 9.10. The van der Waals surface area contributed by atoms with Crippen LogP contribution in [0.5, 0.6) is 0 Å². The third-order valence-corrected chi connectivity index (χ3v) is 2.41. The monoisotopic (exact) mass is 285 g/mol.